The van der Waals surface area contributed by atoms with Crippen LogP contribution in [0.1, 0.15) is 38.5 Å². The first-order valence-corrected chi connectivity index (χ1v) is 8.77. The van der Waals surface area contributed by atoms with Crippen LogP contribution in [0.2, 0.25) is 6.04 Å². The average molecular weight is 291 g/mol. The molecule has 0 bridgehead atoms. The van der Waals surface area contributed by atoms with Gasteiger partial charge in [-0.1, -0.05) is 25.7 Å². The second-order valence-electron chi connectivity index (χ2n) is 4.14. The Balaban J connectivity index is 3.46. The molecular formula is C12H25NO3SSi. The number of nitrogens with zero attached hydrogens (tertiary/aromatic N) is 1. The minimum absolute atomic E-state index is 0.816. The molecule has 18 heavy (non-hydrogen) atoms. The lowest BCUT2D eigenvalue weighted by Gasteiger charge is -2.24. The van der Waals surface area contributed by atoms with Crippen LogP contribution in [0.4, 0.5) is 0 Å². The zero-order valence-corrected chi connectivity index (χ0v) is 13.6. The van der Waals surface area contributed by atoms with Gasteiger partial charge < -0.3 is 13.3 Å². The highest BCUT2D eigenvalue weighted by atomic mass is 32.1. The van der Waals surface area contributed by atoms with E-state index in [0.717, 1.165) is 25.4 Å². The Kier molecular flexibility index (Phi) is 11.9. The van der Waals surface area contributed by atoms with Crippen molar-refractivity contribution in [2.24, 2.45) is 4.99 Å². The van der Waals surface area contributed by atoms with Crippen molar-refractivity contribution in [2.75, 3.05) is 27.9 Å². The molecule has 0 aliphatic rings. The lowest BCUT2D eigenvalue weighted by molar-refractivity contribution is 0.122. The van der Waals surface area contributed by atoms with Crippen molar-refractivity contribution in [2.45, 2.75) is 44.6 Å². The summed E-state index contributed by atoms with van der Waals surface area (Å²) in [5.74, 6) is 0. The number of isothiocyanates is 1. The van der Waals surface area contributed by atoms with Crippen molar-refractivity contribution in [1.82, 2.24) is 0 Å². The SMILES string of the molecule is CO[Si](CCCCCCCCN=C=S)(OC)OC. The molecule has 0 saturated heterocycles. The van der Waals surface area contributed by atoms with Gasteiger partial charge in [0.25, 0.3) is 0 Å². The van der Waals surface area contributed by atoms with E-state index >= 15 is 0 Å². The van der Waals surface area contributed by atoms with Gasteiger partial charge >= 0.3 is 8.80 Å². The normalized spacial score (nSPS) is 11.3. The predicted octanol–water partition coefficient (Wildman–Crippen LogP) is 3.31. The van der Waals surface area contributed by atoms with E-state index in [2.05, 4.69) is 22.4 Å². The van der Waals surface area contributed by atoms with Crippen LogP contribution in [0, 0.1) is 0 Å². The molecule has 6 heteroatoms. The van der Waals surface area contributed by atoms with Gasteiger partial charge in [-0.15, -0.1) is 0 Å². The van der Waals surface area contributed by atoms with E-state index < -0.39 is 8.80 Å². The lowest BCUT2D eigenvalue weighted by Crippen LogP contribution is -2.42. The molecule has 0 rings (SSSR count). The zero-order valence-electron chi connectivity index (χ0n) is 11.7. The van der Waals surface area contributed by atoms with Crippen LogP contribution in [0.15, 0.2) is 4.99 Å². The van der Waals surface area contributed by atoms with Gasteiger partial charge in [0, 0.05) is 33.9 Å². The third kappa shape index (κ3) is 8.08. The predicted molar refractivity (Wildman–Crippen MR) is 79.2 cm³/mol. The van der Waals surface area contributed by atoms with E-state index in [1.165, 1.54) is 25.7 Å². The van der Waals surface area contributed by atoms with Crippen LogP contribution in [-0.2, 0) is 13.3 Å². The molecule has 0 amide bonds. The summed E-state index contributed by atoms with van der Waals surface area (Å²) in [6, 6.07) is 0.895. The maximum atomic E-state index is 5.37. The molecule has 0 saturated carbocycles. The van der Waals surface area contributed by atoms with Gasteiger partial charge in [0.15, 0.2) is 0 Å². The van der Waals surface area contributed by atoms with Crippen LogP contribution in [0.5, 0.6) is 0 Å². The largest absolute Gasteiger partial charge is 0.500 e. The standard InChI is InChI=1S/C12H25NO3SSi/c1-14-18(15-2,16-3)11-9-7-5-4-6-8-10-13-12-17/h4-11H2,1-3H3. The van der Waals surface area contributed by atoms with Crippen LogP contribution in [0.3, 0.4) is 0 Å². The molecular weight excluding hydrogens is 266 g/mol. The molecule has 0 heterocycles. The summed E-state index contributed by atoms with van der Waals surface area (Å²) in [5.41, 5.74) is 0. The van der Waals surface area contributed by atoms with Gasteiger partial charge in [0.1, 0.15) is 0 Å². The first-order chi connectivity index (χ1) is 8.74. The minimum Gasteiger partial charge on any atom is -0.377 e. The number of aliphatic imine (C=N–C) groups is 1. The quantitative estimate of drug-likeness (QED) is 0.239. The fraction of sp³-hybridized carbons (Fsp3) is 0.917. The summed E-state index contributed by atoms with van der Waals surface area (Å²) in [5, 5.41) is 2.39. The van der Waals surface area contributed by atoms with Gasteiger partial charge in [0.05, 0.1) is 5.16 Å². The number of thiocarbonyl (C=S) groups is 1. The number of unbranched alkanes of at least 4 members (excludes halogenated alkanes) is 5. The third-order valence-corrected chi connectivity index (χ3v) is 5.96. The van der Waals surface area contributed by atoms with Crippen molar-refractivity contribution in [3.8, 4) is 0 Å². The van der Waals surface area contributed by atoms with Crippen LogP contribution < -0.4 is 0 Å². The third-order valence-electron chi connectivity index (χ3n) is 3.00. The van der Waals surface area contributed by atoms with Crippen LogP contribution in [-0.4, -0.2) is 41.8 Å². The molecule has 0 aromatic carbocycles. The molecule has 0 aromatic heterocycles. The molecule has 0 aliphatic heterocycles. The highest BCUT2D eigenvalue weighted by Crippen LogP contribution is 2.18. The Morgan fingerprint density at radius 1 is 0.889 bits per heavy atom. The Bertz CT molecular complexity index is 235. The van der Waals surface area contributed by atoms with Gasteiger partial charge in [-0.25, -0.2) is 4.99 Å². The molecule has 0 unspecified atom stereocenters. The Morgan fingerprint density at radius 3 is 1.89 bits per heavy atom. The summed E-state index contributed by atoms with van der Waals surface area (Å²) in [7, 11) is 2.65. The second kappa shape index (κ2) is 12.0. The molecule has 0 atom stereocenters. The van der Waals surface area contributed by atoms with Gasteiger partial charge in [0.2, 0.25) is 0 Å². The second-order valence-corrected chi connectivity index (χ2v) is 7.41. The maximum Gasteiger partial charge on any atom is 0.500 e. The summed E-state index contributed by atoms with van der Waals surface area (Å²) in [4.78, 5) is 3.89. The van der Waals surface area contributed by atoms with Crippen LogP contribution >= 0.6 is 12.2 Å². The molecule has 0 radical (unpaired) electrons. The lowest BCUT2D eigenvalue weighted by atomic mass is 10.1. The number of hydrogen-bond donors (Lipinski definition) is 0. The number of rotatable bonds is 12. The first kappa shape index (κ1) is 17.9. The smallest absolute Gasteiger partial charge is 0.377 e. The fourth-order valence-electron chi connectivity index (χ4n) is 1.84. The van der Waals surface area contributed by atoms with Gasteiger partial charge in [-0.2, -0.15) is 0 Å². The van der Waals surface area contributed by atoms with E-state index in [0.29, 0.717) is 0 Å². The monoisotopic (exact) mass is 291 g/mol. The van der Waals surface area contributed by atoms with E-state index in [-0.39, 0.29) is 0 Å². The Morgan fingerprint density at radius 2 is 1.39 bits per heavy atom. The van der Waals surface area contributed by atoms with Crippen molar-refractivity contribution in [3.63, 3.8) is 0 Å². The van der Waals surface area contributed by atoms with Gasteiger partial charge in [-0.3, -0.25) is 0 Å². The molecule has 4 nitrogen and oxygen atoms in total. The molecule has 106 valence electrons. The van der Waals surface area contributed by atoms with E-state index in [9.17, 15) is 0 Å². The van der Waals surface area contributed by atoms with Gasteiger partial charge in [-0.05, 0) is 25.1 Å². The zero-order chi connectivity index (χ0) is 13.7. The summed E-state index contributed by atoms with van der Waals surface area (Å²) < 4.78 is 16.1. The Hall–Kier alpha value is -0.103. The molecule has 0 aromatic rings. The fourth-order valence-corrected chi connectivity index (χ4v) is 3.73. The van der Waals surface area contributed by atoms with Crippen molar-refractivity contribution in [3.05, 3.63) is 0 Å². The van der Waals surface area contributed by atoms with E-state index in [1.807, 2.05) is 0 Å². The maximum absolute atomic E-state index is 5.37. The first-order valence-electron chi connectivity index (χ1n) is 6.43. The van der Waals surface area contributed by atoms with Crippen LogP contribution in [0.25, 0.3) is 0 Å². The van der Waals surface area contributed by atoms with E-state index in [4.69, 9.17) is 13.3 Å². The summed E-state index contributed by atoms with van der Waals surface area (Å²) >= 11 is 4.51. The Labute approximate surface area is 117 Å². The molecule has 0 aliphatic carbocycles. The average Bonchev–Trinajstić information content (AvgIpc) is 2.42. The molecule has 0 fully saturated rings. The van der Waals surface area contributed by atoms with E-state index in [1.54, 1.807) is 21.3 Å². The highest BCUT2D eigenvalue weighted by molar-refractivity contribution is 7.78. The van der Waals surface area contributed by atoms with Crippen molar-refractivity contribution < 1.29 is 13.3 Å². The summed E-state index contributed by atoms with van der Waals surface area (Å²) in [6.45, 7) is 0.816. The minimum atomic E-state index is -2.34. The topological polar surface area (TPSA) is 40.0 Å². The molecule has 0 spiro atoms. The molecule has 0 N–H and O–H groups in total. The van der Waals surface area contributed by atoms with Crippen molar-refractivity contribution >= 4 is 26.2 Å². The summed E-state index contributed by atoms with van der Waals surface area (Å²) in [6.07, 6.45) is 7.09. The highest BCUT2D eigenvalue weighted by Gasteiger charge is 2.36. The van der Waals surface area contributed by atoms with Crippen molar-refractivity contribution in [1.29, 1.82) is 0 Å². The number of hydrogen-bond acceptors (Lipinski definition) is 5.